The van der Waals surface area contributed by atoms with E-state index in [1.807, 2.05) is 45.9 Å². The Labute approximate surface area is 292 Å². The van der Waals surface area contributed by atoms with Crippen molar-refractivity contribution in [1.29, 1.82) is 0 Å². The fourth-order valence-corrected chi connectivity index (χ4v) is 6.31. The first kappa shape index (κ1) is 39.9. The van der Waals surface area contributed by atoms with E-state index in [4.69, 9.17) is 23.7 Å². The van der Waals surface area contributed by atoms with Crippen molar-refractivity contribution in [2.45, 2.75) is 124 Å². The highest BCUT2D eigenvalue weighted by molar-refractivity contribution is 5.70. The number of nitrogens with zero attached hydrogens (tertiary/aromatic N) is 1. The number of nitro groups is 1. The van der Waals surface area contributed by atoms with Gasteiger partial charge in [-0.15, -0.1) is 0 Å². The molecule has 2 aliphatic rings. The van der Waals surface area contributed by atoms with Crippen LogP contribution >= 0.6 is 0 Å². The van der Waals surface area contributed by atoms with Crippen LogP contribution in [0.1, 0.15) is 94.4 Å². The van der Waals surface area contributed by atoms with Crippen molar-refractivity contribution in [1.82, 2.24) is 0 Å². The Morgan fingerprint density at radius 3 is 2.47 bits per heavy atom. The molecule has 0 aliphatic carbocycles. The molecule has 9 atom stereocenters. The Bertz CT molecular complexity index is 1370. The molecule has 10 heteroatoms. The summed E-state index contributed by atoms with van der Waals surface area (Å²) in [5.74, 6) is 0.752. The Kier molecular flexibility index (Phi) is 14.2. The van der Waals surface area contributed by atoms with Gasteiger partial charge in [0.15, 0.2) is 6.10 Å². The molecule has 49 heavy (non-hydrogen) atoms. The largest absolute Gasteiger partial charge is 0.514 e. The zero-order chi connectivity index (χ0) is 36.5. The maximum absolute atomic E-state index is 13.1. The number of allylic oxidation sites excluding steroid dienone is 3. The molecule has 2 aliphatic heterocycles. The number of benzene rings is 1. The number of ether oxygens (including phenoxy) is 5. The van der Waals surface area contributed by atoms with Gasteiger partial charge in [-0.2, -0.15) is 0 Å². The molecule has 0 N–H and O–H groups in total. The lowest BCUT2D eigenvalue weighted by Crippen LogP contribution is -2.44. The van der Waals surface area contributed by atoms with E-state index in [-0.39, 0.29) is 47.2 Å². The number of epoxide rings is 1. The highest BCUT2D eigenvalue weighted by Crippen LogP contribution is 2.41. The van der Waals surface area contributed by atoms with E-state index in [0.717, 1.165) is 18.4 Å². The normalized spacial score (nSPS) is 30.3. The summed E-state index contributed by atoms with van der Waals surface area (Å²) < 4.78 is 29.2. The second-order valence-corrected chi connectivity index (χ2v) is 15.0. The molecule has 0 amide bonds. The van der Waals surface area contributed by atoms with Crippen molar-refractivity contribution in [3.05, 3.63) is 70.3 Å². The first-order valence-corrected chi connectivity index (χ1v) is 17.6. The summed E-state index contributed by atoms with van der Waals surface area (Å²) in [6, 6.07) is 5.18. The first-order valence-electron chi connectivity index (χ1n) is 17.6. The standard InChI is InChI=1S/C39H57NO9/c1-11-26(3)29(6)36-32(47-36)24-38(7,8)21-12-13-27(4)35-28(5)14-19-33(39(9,45-10)22-20-25(2)23-34(41)49-35)48-37(42)46-31-17-15-30(16-18-31)40(43)44/h12-19,21,25-26,28-29,32-33,35-36H,11,20,22-24H2,1-10H3/b19-14+,21-12+,27-13+. The van der Waals surface area contributed by atoms with Gasteiger partial charge in [0, 0.05) is 31.6 Å². The van der Waals surface area contributed by atoms with Crippen LogP contribution in [0, 0.1) is 39.2 Å². The number of methoxy groups -OCH3 is 1. The van der Waals surface area contributed by atoms with Crippen LogP contribution in [-0.2, 0) is 23.7 Å². The lowest BCUT2D eigenvalue weighted by atomic mass is 9.83. The maximum Gasteiger partial charge on any atom is 0.514 e. The molecular formula is C39H57NO9. The number of cyclic esters (lactones) is 1. The van der Waals surface area contributed by atoms with Crippen LogP contribution in [0.3, 0.4) is 0 Å². The number of rotatable bonds is 12. The van der Waals surface area contributed by atoms with Gasteiger partial charge < -0.3 is 23.7 Å². The Hall–Kier alpha value is -3.50. The minimum absolute atomic E-state index is 0.00414. The number of hydrogen-bond acceptors (Lipinski definition) is 9. The summed E-state index contributed by atoms with van der Waals surface area (Å²) in [6.45, 7) is 19.0. The summed E-state index contributed by atoms with van der Waals surface area (Å²) >= 11 is 0. The van der Waals surface area contributed by atoms with E-state index >= 15 is 0 Å². The Balaban J connectivity index is 1.78. The van der Waals surface area contributed by atoms with Gasteiger partial charge in [0.25, 0.3) is 5.69 Å². The third-order valence-electron chi connectivity index (χ3n) is 10.3. The highest BCUT2D eigenvalue weighted by Gasteiger charge is 2.46. The van der Waals surface area contributed by atoms with Crippen LogP contribution in [0.2, 0.25) is 0 Å². The number of carbonyl (C=O) groups is 2. The van der Waals surface area contributed by atoms with Crippen LogP contribution in [0.4, 0.5) is 10.5 Å². The van der Waals surface area contributed by atoms with E-state index in [2.05, 4.69) is 40.7 Å². The molecule has 0 aromatic heterocycles. The van der Waals surface area contributed by atoms with Crippen molar-refractivity contribution in [2.75, 3.05) is 7.11 Å². The highest BCUT2D eigenvalue weighted by atomic mass is 16.7. The average molecular weight is 684 g/mol. The monoisotopic (exact) mass is 683 g/mol. The fraction of sp³-hybridized carbons (Fsp3) is 0.641. The summed E-state index contributed by atoms with van der Waals surface area (Å²) in [5, 5.41) is 11.0. The molecule has 1 fully saturated rings. The second-order valence-electron chi connectivity index (χ2n) is 15.0. The molecule has 1 aromatic carbocycles. The van der Waals surface area contributed by atoms with Gasteiger partial charge in [-0.05, 0) is 80.1 Å². The summed E-state index contributed by atoms with van der Waals surface area (Å²) in [5.41, 5.74) is -0.232. The van der Waals surface area contributed by atoms with Gasteiger partial charge >= 0.3 is 12.1 Å². The summed E-state index contributed by atoms with van der Waals surface area (Å²) in [7, 11) is 1.56. The third kappa shape index (κ3) is 11.8. The van der Waals surface area contributed by atoms with E-state index < -0.39 is 28.9 Å². The molecular weight excluding hydrogens is 626 g/mol. The second kappa shape index (κ2) is 17.4. The first-order chi connectivity index (χ1) is 23.0. The number of nitro benzene ring substituents is 1. The molecule has 2 heterocycles. The minimum Gasteiger partial charge on any atom is -0.457 e. The van der Waals surface area contributed by atoms with Crippen molar-refractivity contribution >= 4 is 17.8 Å². The number of non-ortho nitro benzene ring substituents is 1. The van der Waals surface area contributed by atoms with Crippen molar-refractivity contribution in [3.63, 3.8) is 0 Å². The fourth-order valence-electron chi connectivity index (χ4n) is 6.31. The smallest absolute Gasteiger partial charge is 0.457 e. The van der Waals surface area contributed by atoms with Crippen molar-refractivity contribution in [2.24, 2.45) is 29.1 Å². The molecule has 0 spiro atoms. The number of esters is 1. The molecule has 1 aromatic rings. The zero-order valence-corrected chi connectivity index (χ0v) is 31.0. The lowest BCUT2D eigenvalue weighted by Gasteiger charge is -2.35. The van der Waals surface area contributed by atoms with Crippen molar-refractivity contribution in [3.8, 4) is 5.75 Å². The molecule has 272 valence electrons. The Morgan fingerprint density at radius 2 is 1.86 bits per heavy atom. The van der Waals surface area contributed by atoms with Crippen LogP contribution in [-0.4, -0.2) is 54.2 Å². The third-order valence-corrected chi connectivity index (χ3v) is 10.3. The summed E-state index contributed by atoms with van der Waals surface area (Å²) in [4.78, 5) is 36.5. The van der Waals surface area contributed by atoms with Gasteiger partial charge in [-0.3, -0.25) is 14.9 Å². The molecule has 0 radical (unpaired) electrons. The van der Waals surface area contributed by atoms with E-state index in [1.54, 1.807) is 13.2 Å². The number of carbonyl (C=O) groups excluding carboxylic acids is 2. The minimum atomic E-state index is -0.969. The Morgan fingerprint density at radius 1 is 1.18 bits per heavy atom. The average Bonchev–Trinajstić information content (AvgIpc) is 3.80. The number of hydrogen-bond donors (Lipinski definition) is 0. The topological polar surface area (TPSA) is 127 Å². The molecule has 10 nitrogen and oxygen atoms in total. The van der Waals surface area contributed by atoms with Crippen LogP contribution in [0.25, 0.3) is 0 Å². The zero-order valence-electron chi connectivity index (χ0n) is 31.0. The summed E-state index contributed by atoms with van der Waals surface area (Å²) in [6.07, 6.45) is 11.6. The molecule has 1 saturated heterocycles. The predicted octanol–water partition coefficient (Wildman–Crippen LogP) is 9.18. The molecule has 0 bridgehead atoms. The van der Waals surface area contributed by atoms with Crippen molar-refractivity contribution < 1.29 is 38.2 Å². The van der Waals surface area contributed by atoms with Crippen LogP contribution in [0.15, 0.2) is 60.2 Å². The van der Waals surface area contributed by atoms with Gasteiger partial charge in [-0.1, -0.05) is 79.2 Å². The maximum atomic E-state index is 13.1. The van der Waals surface area contributed by atoms with Crippen LogP contribution in [0.5, 0.6) is 5.75 Å². The van der Waals surface area contributed by atoms with Gasteiger partial charge in [0.05, 0.1) is 17.1 Å². The lowest BCUT2D eigenvalue weighted by molar-refractivity contribution is -0.384. The van der Waals surface area contributed by atoms with E-state index in [1.165, 1.54) is 24.3 Å². The van der Waals surface area contributed by atoms with Crippen LogP contribution < -0.4 is 4.74 Å². The van der Waals surface area contributed by atoms with E-state index in [0.29, 0.717) is 30.8 Å². The van der Waals surface area contributed by atoms with E-state index in [9.17, 15) is 19.7 Å². The van der Waals surface area contributed by atoms with Gasteiger partial charge in [0.2, 0.25) is 0 Å². The molecule has 3 rings (SSSR count). The quantitative estimate of drug-likeness (QED) is 0.0403. The SMILES string of the molecule is CCC(C)C(C)C1OC1CC(C)(C)/C=C/C=C(\C)C1OC(=O)CC(C)CCC(C)(OC)C(OC(=O)Oc2ccc([N+](=O)[O-])cc2)/C=C/C1C. The predicted molar refractivity (Wildman–Crippen MR) is 189 cm³/mol. The van der Waals surface area contributed by atoms with Gasteiger partial charge in [0.1, 0.15) is 17.5 Å². The molecule has 9 unspecified atom stereocenters. The van der Waals surface area contributed by atoms with Gasteiger partial charge in [-0.25, -0.2) is 4.79 Å². The molecule has 0 saturated carbocycles.